The van der Waals surface area contributed by atoms with Gasteiger partial charge in [0.25, 0.3) is 5.92 Å². The molecule has 0 spiro atoms. The molecule has 80 valence electrons. The summed E-state index contributed by atoms with van der Waals surface area (Å²) in [4.78, 5) is 0. The van der Waals surface area contributed by atoms with Gasteiger partial charge in [-0.05, 0) is 0 Å². The number of halogens is 3. The van der Waals surface area contributed by atoms with E-state index in [4.69, 9.17) is 0 Å². The van der Waals surface area contributed by atoms with Gasteiger partial charge >= 0.3 is 10.2 Å². The molecule has 0 bridgehead atoms. The standard InChI is InChI=1S/C7H13F3O2S/c1-6(2,3)7(8,9)4-5-13(10,11)12/h4-5H2,1-3H3. The van der Waals surface area contributed by atoms with Crippen molar-refractivity contribution in [3.63, 3.8) is 0 Å². The van der Waals surface area contributed by atoms with Crippen LogP contribution < -0.4 is 0 Å². The molecule has 0 rings (SSSR count). The lowest BCUT2D eigenvalue weighted by Gasteiger charge is -2.29. The van der Waals surface area contributed by atoms with E-state index in [-0.39, 0.29) is 0 Å². The smallest absolute Gasteiger partial charge is 0.206 e. The van der Waals surface area contributed by atoms with Crippen LogP contribution in [0.5, 0.6) is 0 Å². The van der Waals surface area contributed by atoms with Crippen LogP contribution in [0.15, 0.2) is 0 Å². The van der Waals surface area contributed by atoms with Crippen LogP contribution in [0.3, 0.4) is 0 Å². The highest BCUT2D eigenvalue weighted by Gasteiger charge is 2.43. The largest absolute Gasteiger partial charge is 0.302 e. The lowest BCUT2D eigenvalue weighted by Crippen LogP contribution is -2.35. The first-order valence-corrected chi connectivity index (χ1v) is 5.31. The summed E-state index contributed by atoms with van der Waals surface area (Å²) in [7, 11) is -4.80. The second-order valence-corrected chi connectivity index (χ2v) is 5.43. The third kappa shape index (κ3) is 4.50. The van der Waals surface area contributed by atoms with Crippen molar-refractivity contribution >= 4 is 10.2 Å². The van der Waals surface area contributed by atoms with Gasteiger partial charge in [-0.25, -0.2) is 8.78 Å². The molecular formula is C7H13F3O2S. The van der Waals surface area contributed by atoms with Crippen molar-refractivity contribution in [2.45, 2.75) is 33.1 Å². The summed E-state index contributed by atoms with van der Waals surface area (Å²) in [5, 5.41) is 0. The zero-order chi connectivity index (χ0) is 10.9. The fourth-order valence-electron chi connectivity index (χ4n) is 0.625. The summed E-state index contributed by atoms with van der Waals surface area (Å²) in [6.07, 6.45) is -0.977. The highest BCUT2D eigenvalue weighted by molar-refractivity contribution is 7.86. The third-order valence-electron chi connectivity index (χ3n) is 1.76. The van der Waals surface area contributed by atoms with E-state index in [1.54, 1.807) is 0 Å². The van der Waals surface area contributed by atoms with Crippen LogP contribution in [-0.2, 0) is 10.2 Å². The first-order valence-electron chi connectivity index (χ1n) is 3.76. The van der Waals surface area contributed by atoms with Crippen LogP contribution in [0.1, 0.15) is 27.2 Å². The Morgan fingerprint density at radius 2 is 1.54 bits per heavy atom. The van der Waals surface area contributed by atoms with Crippen LogP contribution in [-0.4, -0.2) is 20.1 Å². The Bertz CT molecular complexity index is 264. The predicted molar refractivity (Wildman–Crippen MR) is 43.9 cm³/mol. The molecule has 6 heteroatoms. The Morgan fingerprint density at radius 3 is 1.77 bits per heavy atom. The van der Waals surface area contributed by atoms with Crippen LogP contribution in [0.25, 0.3) is 0 Å². The maximum atomic E-state index is 13.0. The summed E-state index contributed by atoms with van der Waals surface area (Å²) >= 11 is 0. The lowest BCUT2D eigenvalue weighted by molar-refractivity contribution is -0.0980. The monoisotopic (exact) mass is 218 g/mol. The Morgan fingerprint density at radius 1 is 1.15 bits per heavy atom. The maximum Gasteiger partial charge on any atom is 0.302 e. The van der Waals surface area contributed by atoms with Crippen LogP contribution >= 0.6 is 0 Å². The van der Waals surface area contributed by atoms with Gasteiger partial charge in [-0.15, -0.1) is 3.89 Å². The van der Waals surface area contributed by atoms with Gasteiger partial charge in [-0.3, -0.25) is 0 Å². The van der Waals surface area contributed by atoms with E-state index in [1.807, 2.05) is 0 Å². The second-order valence-electron chi connectivity index (χ2n) is 3.95. The summed E-state index contributed by atoms with van der Waals surface area (Å²) in [5.41, 5.74) is -1.35. The van der Waals surface area contributed by atoms with Gasteiger partial charge in [0.05, 0.1) is 5.75 Å². The number of alkyl halides is 2. The molecule has 0 radical (unpaired) electrons. The zero-order valence-corrected chi connectivity index (χ0v) is 8.59. The average molecular weight is 218 g/mol. The van der Waals surface area contributed by atoms with E-state index in [9.17, 15) is 21.1 Å². The molecule has 0 N–H and O–H groups in total. The van der Waals surface area contributed by atoms with Gasteiger partial charge in [0, 0.05) is 11.8 Å². The summed E-state index contributed by atoms with van der Waals surface area (Å²) in [5.74, 6) is -4.30. The lowest BCUT2D eigenvalue weighted by atomic mass is 9.86. The van der Waals surface area contributed by atoms with Gasteiger partial charge in [0.1, 0.15) is 0 Å². The first kappa shape index (κ1) is 12.7. The zero-order valence-electron chi connectivity index (χ0n) is 7.77. The molecule has 0 fully saturated rings. The molecule has 0 aromatic carbocycles. The molecule has 0 aromatic heterocycles. The summed E-state index contributed by atoms with van der Waals surface area (Å²) in [6.45, 7) is 3.83. The summed E-state index contributed by atoms with van der Waals surface area (Å²) < 4.78 is 58.0. The molecule has 0 heterocycles. The molecule has 2 nitrogen and oxygen atoms in total. The predicted octanol–water partition coefficient (Wildman–Crippen LogP) is 2.36. The molecule has 0 saturated carbocycles. The molecular weight excluding hydrogens is 205 g/mol. The molecule has 0 aromatic rings. The number of rotatable bonds is 3. The highest BCUT2D eigenvalue weighted by atomic mass is 32.3. The van der Waals surface area contributed by atoms with Gasteiger partial charge in [-0.2, -0.15) is 8.42 Å². The topological polar surface area (TPSA) is 34.1 Å². The quantitative estimate of drug-likeness (QED) is 0.681. The molecule has 0 unspecified atom stereocenters. The van der Waals surface area contributed by atoms with Crippen molar-refractivity contribution in [1.82, 2.24) is 0 Å². The van der Waals surface area contributed by atoms with Gasteiger partial charge in [-0.1, -0.05) is 20.8 Å². The average Bonchev–Trinajstić information content (AvgIpc) is 1.79. The molecule has 0 aliphatic heterocycles. The molecule has 0 atom stereocenters. The van der Waals surface area contributed by atoms with E-state index >= 15 is 0 Å². The van der Waals surface area contributed by atoms with E-state index < -0.39 is 33.7 Å². The van der Waals surface area contributed by atoms with E-state index in [0.717, 1.165) is 0 Å². The third-order valence-corrected chi connectivity index (χ3v) is 2.45. The van der Waals surface area contributed by atoms with Gasteiger partial charge in [0.15, 0.2) is 0 Å². The van der Waals surface area contributed by atoms with E-state index in [0.29, 0.717) is 0 Å². The minimum absolute atomic E-state index is 0.977. The molecule has 0 aliphatic rings. The van der Waals surface area contributed by atoms with Crippen LogP contribution in [0.2, 0.25) is 0 Å². The van der Waals surface area contributed by atoms with Crippen molar-refractivity contribution in [3.05, 3.63) is 0 Å². The minimum atomic E-state index is -4.80. The molecule has 0 saturated heterocycles. The van der Waals surface area contributed by atoms with Crippen molar-refractivity contribution < 1.29 is 21.1 Å². The minimum Gasteiger partial charge on any atom is -0.206 e. The molecule has 13 heavy (non-hydrogen) atoms. The van der Waals surface area contributed by atoms with Crippen molar-refractivity contribution in [2.24, 2.45) is 5.41 Å². The Hall–Kier alpha value is -0.260. The Balaban J connectivity index is 4.38. The van der Waals surface area contributed by atoms with Gasteiger partial charge < -0.3 is 0 Å². The van der Waals surface area contributed by atoms with Crippen LogP contribution in [0, 0.1) is 5.41 Å². The number of hydrogen-bond acceptors (Lipinski definition) is 2. The Labute approximate surface area is 76.3 Å². The van der Waals surface area contributed by atoms with Crippen molar-refractivity contribution in [1.29, 1.82) is 0 Å². The SMILES string of the molecule is CC(C)(C)C(F)(F)CCS(=O)(=O)F. The maximum absolute atomic E-state index is 13.0. The fourth-order valence-corrected chi connectivity index (χ4v) is 1.13. The van der Waals surface area contributed by atoms with Gasteiger partial charge in [0.2, 0.25) is 0 Å². The van der Waals surface area contributed by atoms with Crippen molar-refractivity contribution in [2.75, 3.05) is 5.75 Å². The molecule has 0 aliphatic carbocycles. The Kier molecular flexibility index (Phi) is 3.41. The van der Waals surface area contributed by atoms with E-state index in [2.05, 4.69) is 0 Å². The normalized spacial score (nSPS) is 14.6. The van der Waals surface area contributed by atoms with E-state index in [1.165, 1.54) is 20.8 Å². The van der Waals surface area contributed by atoms with Crippen molar-refractivity contribution in [3.8, 4) is 0 Å². The second kappa shape index (κ2) is 3.48. The highest BCUT2D eigenvalue weighted by Crippen LogP contribution is 2.38. The number of hydrogen-bond donors (Lipinski definition) is 0. The first-order chi connectivity index (χ1) is 5.46. The fraction of sp³-hybridized carbons (Fsp3) is 1.00. The van der Waals surface area contributed by atoms with Crippen LogP contribution in [0.4, 0.5) is 12.7 Å². The molecule has 0 amide bonds. The summed E-state index contributed by atoms with van der Waals surface area (Å²) in [6, 6.07) is 0.